The normalized spacial score (nSPS) is 15.1. The van der Waals surface area contributed by atoms with Crippen LogP contribution in [0.3, 0.4) is 0 Å². The summed E-state index contributed by atoms with van der Waals surface area (Å²) in [7, 11) is 1.59. The van der Waals surface area contributed by atoms with E-state index in [1.807, 2.05) is 30.5 Å². The number of ether oxygens (including phenoxy) is 1. The van der Waals surface area contributed by atoms with Gasteiger partial charge in [0.1, 0.15) is 0 Å². The fourth-order valence-electron chi connectivity index (χ4n) is 3.57. The van der Waals surface area contributed by atoms with Crippen LogP contribution < -0.4 is 15.0 Å². The van der Waals surface area contributed by atoms with Crippen molar-refractivity contribution >= 4 is 22.6 Å². The van der Waals surface area contributed by atoms with Crippen LogP contribution in [0.25, 0.3) is 11.0 Å². The van der Waals surface area contributed by atoms with Crippen molar-refractivity contribution in [3.63, 3.8) is 0 Å². The van der Waals surface area contributed by atoms with Crippen molar-refractivity contribution in [3.05, 3.63) is 54.6 Å². The summed E-state index contributed by atoms with van der Waals surface area (Å²) in [6, 6.07) is 11.4. The fourth-order valence-corrected chi connectivity index (χ4v) is 3.57. The number of rotatable bonds is 5. The Hall–Kier alpha value is -3.02. The molecule has 0 spiro atoms. The van der Waals surface area contributed by atoms with Crippen molar-refractivity contribution in [2.24, 2.45) is 5.92 Å². The number of hydrogen-bond donors (Lipinski definition) is 1. The molecule has 3 aromatic rings. The number of hydrogen-bond acceptors (Lipinski definition) is 5. The number of carbonyl (C=O) groups is 1. The van der Waals surface area contributed by atoms with E-state index in [1.54, 1.807) is 19.4 Å². The van der Waals surface area contributed by atoms with Crippen LogP contribution in [-0.2, 0) is 0 Å². The molecule has 0 atom stereocenters. The monoisotopic (exact) mass is 365 g/mol. The highest BCUT2D eigenvalue weighted by Gasteiger charge is 2.21. The molecule has 1 aromatic carbocycles. The minimum absolute atomic E-state index is 0.178. The largest absolute Gasteiger partial charge is 0.493 e. The minimum atomic E-state index is -0.178. The average Bonchev–Trinajstić information content (AvgIpc) is 3.17. The number of piperidine rings is 1. The Balaban J connectivity index is 1.32. The van der Waals surface area contributed by atoms with Crippen LogP contribution in [0.5, 0.6) is 5.75 Å². The van der Waals surface area contributed by atoms with Crippen molar-refractivity contribution in [1.29, 1.82) is 0 Å². The predicted octanol–water partition coefficient (Wildman–Crippen LogP) is 3.48. The second-order valence-corrected chi connectivity index (χ2v) is 6.84. The number of amides is 1. The molecule has 1 amide bonds. The molecule has 3 heterocycles. The Morgan fingerprint density at radius 3 is 2.89 bits per heavy atom. The third-order valence-electron chi connectivity index (χ3n) is 5.13. The number of methoxy groups -OCH3 is 1. The quantitative estimate of drug-likeness (QED) is 0.750. The Labute approximate surface area is 158 Å². The molecule has 1 N–H and O–H groups in total. The summed E-state index contributed by atoms with van der Waals surface area (Å²) in [4.78, 5) is 19.0. The van der Waals surface area contributed by atoms with Crippen LogP contribution >= 0.6 is 0 Å². The van der Waals surface area contributed by atoms with Crippen molar-refractivity contribution in [2.75, 3.05) is 31.6 Å². The molecule has 4 rings (SSSR count). The number of aromatic nitrogens is 1. The Morgan fingerprint density at radius 2 is 2.15 bits per heavy atom. The molecule has 27 heavy (non-hydrogen) atoms. The zero-order valence-electron chi connectivity index (χ0n) is 15.4. The molecular formula is C21H23N3O3. The number of para-hydroxylation sites is 1. The summed E-state index contributed by atoms with van der Waals surface area (Å²) in [5.41, 5.74) is 1.77. The van der Waals surface area contributed by atoms with Gasteiger partial charge in [0.2, 0.25) is 0 Å². The van der Waals surface area contributed by atoms with Crippen LogP contribution in [0, 0.1) is 5.92 Å². The van der Waals surface area contributed by atoms with Gasteiger partial charge in [-0.25, -0.2) is 0 Å². The SMILES string of the molecule is COc1cccc2cc(C(=O)NCC3CCN(c4cccnc4)CC3)oc12. The number of benzene rings is 1. The van der Waals surface area contributed by atoms with Gasteiger partial charge in [-0.3, -0.25) is 9.78 Å². The number of nitrogens with one attached hydrogen (secondary N) is 1. The molecule has 6 nitrogen and oxygen atoms in total. The zero-order valence-corrected chi connectivity index (χ0v) is 15.4. The molecule has 1 fully saturated rings. The highest BCUT2D eigenvalue weighted by molar-refractivity contribution is 5.97. The number of furan rings is 1. The first-order valence-corrected chi connectivity index (χ1v) is 9.24. The van der Waals surface area contributed by atoms with E-state index in [2.05, 4.69) is 21.3 Å². The summed E-state index contributed by atoms with van der Waals surface area (Å²) in [5.74, 6) is 1.25. The van der Waals surface area contributed by atoms with Crippen LogP contribution in [0.2, 0.25) is 0 Å². The van der Waals surface area contributed by atoms with Gasteiger partial charge < -0.3 is 19.4 Å². The predicted molar refractivity (Wildman–Crippen MR) is 104 cm³/mol. The maximum atomic E-state index is 12.5. The summed E-state index contributed by atoms with van der Waals surface area (Å²) >= 11 is 0. The van der Waals surface area contributed by atoms with E-state index >= 15 is 0 Å². The molecule has 0 unspecified atom stereocenters. The molecule has 2 aromatic heterocycles. The van der Waals surface area contributed by atoms with Gasteiger partial charge in [0.15, 0.2) is 17.1 Å². The first-order chi connectivity index (χ1) is 13.2. The lowest BCUT2D eigenvalue weighted by molar-refractivity contribution is 0.0919. The third-order valence-corrected chi connectivity index (χ3v) is 5.13. The summed E-state index contributed by atoms with van der Waals surface area (Å²) in [6.07, 6.45) is 5.78. The maximum Gasteiger partial charge on any atom is 0.287 e. The second-order valence-electron chi connectivity index (χ2n) is 6.84. The van der Waals surface area contributed by atoms with Gasteiger partial charge in [-0.2, -0.15) is 0 Å². The number of carbonyl (C=O) groups excluding carboxylic acids is 1. The van der Waals surface area contributed by atoms with E-state index < -0.39 is 0 Å². The van der Waals surface area contributed by atoms with E-state index in [0.717, 1.165) is 37.0 Å². The number of pyridine rings is 1. The molecule has 1 aliphatic rings. The van der Waals surface area contributed by atoms with Crippen LogP contribution in [0.4, 0.5) is 5.69 Å². The molecule has 140 valence electrons. The molecule has 1 aliphatic heterocycles. The highest BCUT2D eigenvalue weighted by Crippen LogP contribution is 2.28. The van der Waals surface area contributed by atoms with Crippen LogP contribution in [-0.4, -0.2) is 37.6 Å². The first-order valence-electron chi connectivity index (χ1n) is 9.24. The van der Waals surface area contributed by atoms with E-state index in [9.17, 15) is 4.79 Å². The Bertz CT molecular complexity index is 915. The molecule has 0 bridgehead atoms. The fraction of sp³-hybridized carbons (Fsp3) is 0.333. The van der Waals surface area contributed by atoms with Crippen LogP contribution in [0.1, 0.15) is 23.4 Å². The molecule has 0 aliphatic carbocycles. The zero-order chi connectivity index (χ0) is 18.6. The van der Waals surface area contributed by atoms with Crippen molar-refractivity contribution in [1.82, 2.24) is 10.3 Å². The van der Waals surface area contributed by atoms with E-state index in [-0.39, 0.29) is 5.91 Å². The van der Waals surface area contributed by atoms with Gasteiger partial charge >= 0.3 is 0 Å². The minimum Gasteiger partial charge on any atom is -0.493 e. The Morgan fingerprint density at radius 1 is 1.30 bits per heavy atom. The maximum absolute atomic E-state index is 12.5. The van der Waals surface area contributed by atoms with Gasteiger partial charge in [0, 0.05) is 31.2 Å². The van der Waals surface area contributed by atoms with E-state index in [0.29, 0.717) is 29.6 Å². The Kier molecular flexibility index (Phi) is 4.96. The van der Waals surface area contributed by atoms with Crippen LogP contribution in [0.15, 0.2) is 53.2 Å². The van der Waals surface area contributed by atoms with Gasteiger partial charge in [-0.1, -0.05) is 12.1 Å². The first kappa shape index (κ1) is 17.4. The van der Waals surface area contributed by atoms with Crippen molar-refractivity contribution in [3.8, 4) is 5.75 Å². The standard InChI is InChI=1S/C21H23N3O3/c1-26-18-6-2-4-16-12-19(27-20(16)18)21(25)23-13-15-7-10-24(11-8-15)17-5-3-9-22-14-17/h2-6,9,12,14-15H,7-8,10-11,13H2,1H3,(H,23,25). The van der Waals surface area contributed by atoms with E-state index in [4.69, 9.17) is 9.15 Å². The van der Waals surface area contributed by atoms with Gasteiger partial charge in [-0.15, -0.1) is 0 Å². The highest BCUT2D eigenvalue weighted by atomic mass is 16.5. The number of anilines is 1. The van der Waals surface area contributed by atoms with Crippen molar-refractivity contribution < 1.29 is 13.9 Å². The second kappa shape index (κ2) is 7.70. The smallest absolute Gasteiger partial charge is 0.287 e. The van der Waals surface area contributed by atoms with Gasteiger partial charge in [0.25, 0.3) is 5.91 Å². The lowest BCUT2D eigenvalue weighted by Gasteiger charge is -2.33. The molecule has 0 radical (unpaired) electrons. The summed E-state index contributed by atoms with van der Waals surface area (Å²) in [5, 5.41) is 3.88. The van der Waals surface area contributed by atoms with E-state index in [1.165, 1.54) is 0 Å². The summed E-state index contributed by atoms with van der Waals surface area (Å²) < 4.78 is 11.0. The number of nitrogens with zero attached hydrogens (tertiary/aromatic N) is 2. The lowest BCUT2D eigenvalue weighted by atomic mass is 9.96. The third kappa shape index (κ3) is 3.74. The molecular weight excluding hydrogens is 342 g/mol. The average molecular weight is 365 g/mol. The topological polar surface area (TPSA) is 67.6 Å². The lowest BCUT2D eigenvalue weighted by Crippen LogP contribution is -2.38. The molecule has 1 saturated heterocycles. The van der Waals surface area contributed by atoms with Gasteiger partial charge in [0.05, 0.1) is 19.0 Å². The molecule has 6 heteroatoms. The summed E-state index contributed by atoms with van der Waals surface area (Å²) in [6.45, 7) is 2.62. The van der Waals surface area contributed by atoms with Crippen molar-refractivity contribution in [2.45, 2.75) is 12.8 Å². The van der Waals surface area contributed by atoms with Gasteiger partial charge in [-0.05, 0) is 43.0 Å². The molecule has 0 saturated carbocycles. The number of fused-ring (bicyclic) bond motifs is 1.